The quantitative estimate of drug-likeness (QED) is 0.0209. The number of amides is 2. The van der Waals surface area contributed by atoms with Gasteiger partial charge in [0.1, 0.15) is 79.3 Å². The number of benzene rings is 4. The van der Waals surface area contributed by atoms with Crippen LogP contribution in [0.3, 0.4) is 0 Å². The van der Waals surface area contributed by atoms with E-state index in [1.165, 1.54) is 24.3 Å². The summed E-state index contributed by atoms with van der Waals surface area (Å²) in [7, 11) is 3.65. The lowest BCUT2D eigenvalue weighted by Gasteiger charge is -2.16. The van der Waals surface area contributed by atoms with Crippen LogP contribution in [0.15, 0.2) is 122 Å². The van der Waals surface area contributed by atoms with Crippen LogP contribution in [0, 0.1) is 10.8 Å². The zero-order valence-electron chi connectivity index (χ0n) is 40.5. The first-order chi connectivity index (χ1) is 34.1. The number of likely N-dealkylation sites (tertiary alicyclic amines) is 2. The molecule has 0 bridgehead atoms. The van der Waals surface area contributed by atoms with Crippen molar-refractivity contribution < 1.29 is 62.5 Å². The van der Waals surface area contributed by atoms with Crippen molar-refractivity contribution in [3.05, 3.63) is 145 Å². The number of hydrogen-bond acceptors (Lipinski definition) is 17. The van der Waals surface area contributed by atoms with E-state index in [0.717, 1.165) is 22.6 Å². The largest absolute Gasteiger partial charge is 0.508 e. The molecule has 0 radical (unpaired) electrons. The van der Waals surface area contributed by atoms with E-state index < -0.39 is 18.3 Å². The maximum Gasteiger partial charge on any atom is 0.413 e. The molecular weight excluding hydrogens is 917 g/mol. The van der Waals surface area contributed by atoms with E-state index in [2.05, 4.69) is 23.8 Å². The van der Waals surface area contributed by atoms with Gasteiger partial charge in [-0.3, -0.25) is 40.8 Å². The van der Waals surface area contributed by atoms with E-state index in [1.54, 1.807) is 72.6 Å². The molecule has 71 heavy (non-hydrogen) atoms. The van der Waals surface area contributed by atoms with Crippen molar-refractivity contribution in [3.8, 4) is 23.0 Å². The highest BCUT2D eigenvalue weighted by Gasteiger charge is 2.37. The van der Waals surface area contributed by atoms with Gasteiger partial charge < -0.3 is 43.4 Å². The zero-order valence-corrected chi connectivity index (χ0v) is 40.5. The van der Waals surface area contributed by atoms with Crippen LogP contribution in [-0.2, 0) is 41.8 Å². The van der Waals surface area contributed by atoms with E-state index in [9.17, 15) is 29.4 Å². The number of phenolic OH excluding ortho intramolecular Hbond substituents is 1. The van der Waals surface area contributed by atoms with Crippen LogP contribution in [0.25, 0.3) is 0 Å². The van der Waals surface area contributed by atoms with Crippen LogP contribution >= 0.6 is 0 Å². The fourth-order valence-corrected chi connectivity index (χ4v) is 7.03. The number of nitrogens with zero attached hydrogens (tertiary/aromatic N) is 2. The number of amidine groups is 2. The Morgan fingerprint density at radius 2 is 1.11 bits per heavy atom. The smallest absolute Gasteiger partial charge is 0.413 e. The van der Waals surface area contributed by atoms with Gasteiger partial charge in [0.25, 0.3) is 0 Å². The Bertz CT molecular complexity index is 2400. The highest BCUT2D eigenvalue weighted by atomic mass is 16.6. The van der Waals surface area contributed by atoms with Crippen molar-refractivity contribution >= 4 is 35.8 Å². The second-order valence-corrected chi connectivity index (χ2v) is 16.0. The molecule has 0 spiro atoms. The van der Waals surface area contributed by atoms with Crippen LogP contribution in [0.4, 0.5) is 9.59 Å². The number of phenols is 1. The molecule has 19 nitrogen and oxygen atoms in total. The van der Waals surface area contributed by atoms with Crippen molar-refractivity contribution in [3.63, 3.8) is 0 Å². The lowest BCUT2D eigenvalue weighted by molar-refractivity contribution is -0.148. The second-order valence-electron chi connectivity index (χ2n) is 16.0. The lowest BCUT2D eigenvalue weighted by atomic mass is 10.2. The third-order valence-corrected chi connectivity index (χ3v) is 10.5. The van der Waals surface area contributed by atoms with Gasteiger partial charge in [0.05, 0.1) is 19.3 Å². The van der Waals surface area contributed by atoms with E-state index in [-0.39, 0.29) is 74.0 Å². The number of ether oxygens (including phenoxy) is 7. The standard InChI is InChI=1S/C26H31N3O6.C17H18N2O4.C9H15NO3/c1-4-13-33-25(30)23-15-22(16-29(23)3)35-21-8-6-7-19(14-21)24(27)28-26(31)34-17-18-9-11-20(12-10-18)32-5-2;1-2-22-15-8-6-12(7-9-15)11-23-17(21)19-16(18)13-4-3-5-14(20)10-13;1-3-4-13-9(12)8-5-7(11)6-10(8)2/h4,6-12,14,22-23H,1,5,13,15-17H2,2-3H3,(H2,27,28,31);3-10,20H,2,11H2,1H3,(H2,18,19,21);3,7-8,11H,1,4-6H2,2H3/t22-,23+;;7-,8+/m0.0/s1. The first kappa shape index (κ1) is 55.9. The summed E-state index contributed by atoms with van der Waals surface area (Å²) in [5.41, 5.74) is 2.48. The first-order valence-corrected chi connectivity index (χ1v) is 22.8. The van der Waals surface area contributed by atoms with Crippen molar-refractivity contribution in [1.29, 1.82) is 10.8 Å². The molecule has 2 heterocycles. The molecule has 2 fully saturated rings. The molecule has 6 N–H and O–H groups in total. The summed E-state index contributed by atoms with van der Waals surface area (Å²) in [6, 6.07) is 26.7. The predicted molar refractivity (Wildman–Crippen MR) is 265 cm³/mol. The minimum atomic E-state index is -0.729. The number of aliphatic hydroxyl groups excluding tert-OH is 1. The number of aromatic hydroxyl groups is 1. The Morgan fingerprint density at radius 1 is 0.648 bits per heavy atom. The summed E-state index contributed by atoms with van der Waals surface area (Å²) in [5, 5.41) is 39.4. The van der Waals surface area contributed by atoms with Crippen LogP contribution in [0.1, 0.15) is 48.9 Å². The van der Waals surface area contributed by atoms with E-state index in [1.807, 2.05) is 50.1 Å². The Balaban J connectivity index is 0.000000259. The third kappa shape index (κ3) is 19.3. The summed E-state index contributed by atoms with van der Waals surface area (Å²) in [4.78, 5) is 51.1. The van der Waals surface area contributed by atoms with Gasteiger partial charge in [0.15, 0.2) is 0 Å². The van der Waals surface area contributed by atoms with Crippen LogP contribution in [0.5, 0.6) is 23.0 Å². The topological polar surface area (TPSA) is 252 Å². The van der Waals surface area contributed by atoms with Crippen molar-refractivity contribution in [2.24, 2.45) is 0 Å². The number of hydrogen-bond donors (Lipinski definition) is 6. The van der Waals surface area contributed by atoms with Gasteiger partial charge in [-0.25, -0.2) is 9.59 Å². The summed E-state index contributed by atoms with van der Waals surface area (Å²) in [6.45, 7) is 13.7. The molecule has 4 aromatic rings. The molecule has 0 unspecified atom stereocenters. The number of nitrogens with one attached hydrogen (secondary N) is 4. The first-order valence-electron chi connectivity index (χ1n) is 22.8. The molecule has 0 aliphatic carbocycles. The van der Waals surface area contributed by atoms with E-state index in [4.69, 9.17) is 44.0 Å². The summed E-state index contributed by atoms with van der Waals surface area (Å²) < 4.78 is 37.1. The molecule has 2 saturated heterocycles. The van der Waals surface area contributed by atoms with E-state index in [0.29, 0.717) is 56.0 Å². The Kier molecular flexibility index (Phi) is 23.1. The molecule has 4 atom stereocenters. The molecule has 2 aliphatic rings. The molecule has 2 amide bonds. The molecule has 380 valence electrons. The number of β-amino-alcohol motifs (C(OH)–C–C–N with tert-alkyl or cyclic N) is 1. The number of alkyl carbamates (subject to hydrolysis) is 2. The van der Waals surface area contributed by atoms with Gasteiger partial charge in [-0.2, -0.15) is 0 Å². The average Bonchev–Trinajstić information content (AvgIpc) is 3.91. The lowest BCUT2D eigenvalue weighted by Crippen LogP contribution is -2.34. The molecule has 0 saturated carbocycles. The van der Waals surface area contributed by atoms with Crippen molar-refractivity contribution in [2.75, 3.05) is 53.6 Å². The van der Waals surface area contributed by atoms with Crippen LogP contribution < -0.4 is 24.8 Å². The van der Waals surface area contributed by atoms with Crippen molar-refractivity contribution in [1.82, 2.24) is 20.4 Å². The van der Waals surface area contributed by atoms with Gasteiger partial charge in [-0.15, -0.1) is 0 Å². The van der Waals surface area contributed by atoms with Gasteiger partial charge in [-0.1, -0.05) is 73.8 Å². The minimum absolute atomic E-state index is 0.0248. The van der Waals surface area contributed by atoms with Gasteiger partial charge in [0.2, 0.25) is 0 Å². The zero-order chi connectivity index (χ0) is 51.7. The van der Waals surface area contributed by atoms with Crippen LogP contribution in [-0.4, -0.2) is 134 Å². The monoisotopic (exact) mass is 980 g/mol. The van der Waals surface area contributed by atoms with Gasteiger partial charge in [0, 0.05) is 37.1 Å². The Hall–Kier alpha value is -7.74. The maximum absolute atomic E-state index is 12.2. The predicted octanol–water partition coefficient (Wildman–Crippen LogP) is 6.34. The summed E-state index contributed by atoms with van der Waals surface area (Å²) in [5.74, 6) is 1.23. The number of carbonyl (C=O) groups excluding carboxylic acids is 4. The highest BCUT2D eigenvalue weighted by Crippen LogP contribution is 2.24. The molecule has 0 aromatic heterocycles. The number of esters is 2. The third-order valence-electron chi connectivity index (χ3n) is 10.5. The van der Waals surface area contributed by atoms with Gasteiger partial charge >= 0.3 is 24.1 Å². The fraction of sp³-hybridized carbons (Fsp3) is 0.346. The molecule has 19 heteroatoms. The minimum Gasteiger partial charge on any atom is -0.508 e. The molecule has 6 rings (SSSR count). The molecule has 4 aromatic carbocycles. The SMILES string of the molecule is C=CCOC(=O)[C@H]1C[C@H](O)CN1C.C=CCOC(=O)[C@H]1C[C@H](Oc2cccc(C(=N)NC(=O)OCc3ccc(OCC)cc3)c2)CN1C.CCOc1ccc(COC(=O)NC(=N)c2cccc(O)c2)cc1. The Morgan fingerprint density at radius 3 is 1.56 bits per heavy atom. The fourth-order valence-electron chi connectivity index (χ4n) is 7.03. The number of carbonyl (C=O) groups is 4. The summed E-state index contributed by atoms with van der Waals surface area (Å²) in [6.07, 6.45) is 1.94. The average molecular weight is 981 g/mol. The number of likely N-dealkylation sites (N-methyl/N-ethyl adjacent to an activating group) is 2. The normalized spacial score (nSPS) is 17.0. The maximum atomic E-state index is 12.2. The summed E-state index contributed by atoms with van der Waals surface area (Å²) >= 11 is 0. The van der Waals surface area contributed by atoms with E-state index >= 15 is 0 Å². The van der Waals surface area contributed by atoms with Crippen LogP contribution in [0.2, 0.25) is 0 Å². The highest BCUT2D eigenvalue weighted by molar-refractivity contribution is 6.05. The second kappa shape index (κ2) is 29.3. The van der Waals surface area contributed by atoms with Crippen molar-refractivity contribution in [2.45, 2.75) is 64.2 Å². The molecule has 2 aliphatic heterocycles. The number of aliphatic hydroxyl groups is 1. The van der Waals surface area contributed by atoms with Gasteiger partial charge in [-0.05, 0) is 87.6 Å². The Labute approximate surface area is 413 Å². The molecular formula is C52H64N6O13. The number of rotatable bonds is 18.